The number of tetrazole rings is 1. The van der Waals surface area contributed by atoms with Gasteiger partial charge in [-0.1, -0.05) is 43.8 Å². The van der Waals surface area contributed by atoms with Crippen LogP contribution in [0.25, 0.3) is 5.69 Å². The van der Waals surface area contributed by atoms with E-state index in [9.17, 15) is 4.79 Å². The van der Waals surface area contributed by atoms with Crippen LogP contribution in [0.5, 0.6) is 11.5 Å². The van der Waals surface area contributed by atoms with E-state index in [0.29, 0.717) is 18.4 Å². The number of aromatic nitrogens is 4. The van der Waals surface area contributed by atoms with E-state index in [1.807, 2.05) is 49.4 Å². The summed E-state index contributed by atoms with van der Waals surface area (Å²) in [7, 11) is 0. The highest BCUT2D eigenvalue weighted by molar-refractivity contribution is 7.99. The summed E-state index contributed by atoms with van der Waals surface area (Å²) in [5.74, 6) is 1.80. The smallest absolute Gasteiger partial charge is 0.230 e. The lowest BCUT2D eigenvalue weighted by Gasteiger charge is -2.23. The third kappa shape index (κ3) is 5.21. The number of rotatable bonds is 7. The lowest BCUT2D eigenvalue weighted by molar-refractivity contribution is -0.119. The molecule has 0 aliphatic carbocycles. The molecule has 2 aromatic carbocycles. The summed E-state index contributed by atoms with van der Waals surface area (Å²) in [6, 6.07) is 13.6. The second-order valence-corrected chi connectivity index (χ2v) is 8.99. The fourth-order valence-electron chi connectivity index (χ4n) is 3.54. The number of ether oxygens (including phenoxy) is 2. The third-order valence-corrected chi connectivity index (χ3v) is 6.05. The minimum atomic E-state index is -0.145. The van der Waals surface area contributed by atoms with Gasteiger partial charge in [0.2, 0.25) is 11.1 Å². The molecule has 168 valence electrons. The molecule has 1 atom stereocenters. The molecular formula is C23H27N5O3S. The first kappa shape index (κ1) is 22.1. The molecule has 0 spiro atoms. The Balaban J connectivity index is 1.43. The van der Waals surface area contributed by atoms with Crippen LogP contribution in [-0.2, 0) is 4.79 Å². The minimum Gasteiger partial charge on any atom is -0.490 e. The molecule has 0 fully saturated rings. The average Bonchev–Trinajstić information content (AvgIpc) is 3.12. The molecule has 3 aromatic rings. The number of aryl methyl sites for hydroxylation is 1. The zero-order valence-electron chi connectivity index (χ0n) is 18.4. The number of carbonyl (C=O) groups excluding carboxylic acids is 1. The maximum absolute atomic E-state index is 12.8. The van der Waals surface area contributed by atoms with Crippen molar-refractivity contribution in [1.82, 2.24) is 25.5 Å². The summed E-state index contributed by atoms with van der Waals surface area (Å²) in [5.41, 5.74) is 2.97. The van der Waals surface area contributed by atoms with E-state index in [4.69, 9.17) is 9.47 Å². The maximum atomic E-state index is 12.8. The molecule has 8 nitrogen and oxygen atoms in total. The van der Waals surface area contributed by atoms with E-state index < -0.39 is 0 Å². The number of hydrogen-bond acceptors (Lipinski definition) is 7. The Morgan fingerprint density at radius 1 is 1.16 bits per heavy atom. The Labute approximate surface area is 191 Å². The van der Waals surface area contributed by atoms with Gasteiger partial charge in [0, 0.05) is 6.42 Å². The Hall–Kier alpha value is -3.07. The first-order chi connectivity index (χ1) is 15.5. The highest BCUT2D eigenvalue weighted by atomic mass is 32.2. The molecule has 1 unspecified atom stereocenters. The number of hydrogen-bond donors (Lipinski definition) is 1. The largest absolute Gasteiger partial charge is 0.490 e. The second-order valence-electron chi connectivity index (χ2n) is 8.05. The molecule has 1 aliphatic rings. The third-order valence-electron chi connectivity index (χ3n) is 5.13. The van der Waals surface area contributed by atoms with Gasteiger partial charge >= 0.3 is 0 Å². The molecule has 1 amide bonds. The summed E-state index contributed by atoms with van der Waals surface area (Å²) >= 11 is 1.31. The van der Waals surface area contributed by atoms with Gasteiger partial charge in [0.1, 0.15) is 0 Å². The molecule has 4 rings (SSSR count). The maximum Gasteiger partial charge on any atom is 0.230 e. The molecule has 0 radical (unpaired) electrons. The van der Waals surface area contributed by atoms with E-state index in [1.165, 1.54) is 11.8 Å². The predicted octanol–water partition coefficient (Wildman–Crippen LogP) is 3.74. The first-order valence-corrected chi connectivity index (χ1v) is 11.7. The number of carbonyl (C=O) groups is 1. The van der Waals surface area contributed by atoms with E-state index in [0.717, 1.165) is 34.7 Å². The van der Waals surface area contributed by atoms with Crippen molar-refractivity contribution in [3.63, 3.8) is 0 Å². The van der Waals surface area contributed by atoms with Crippen LogP contribution in [0.2, 0.25) is 0 Å². The Morgan fingerprint density at radius 3 is 2.75 bits per heavy atom. The predicted molar refractivity (Wildman–Crippen MR) is 122 cm³/mol. The molecular weight excluding hydrogens is 426 g/mol. The molecule has 1 aromatic heterocycles. The van der Waals surface area contributed by atoms with Gasteiger partial charge in [-0.05, 0) is 58.7 Å². The SMILES string of the molecule is Cc1cccc(-n2nnnc2SCC(=O)NC(c2ccc3c(c2)OCCCO3)C(C)C)c1. The lowest BCUT2D eigenvalue weighted by Crippen LogP contribution is -2.33. The number of nitrogens with one attached hydrogen (secondary N) is 1. The van der Waals surface area contributed by atoms with Crippen molar-refractivity contribution in [2.75, 3.05) is 19.0 Å². The first-order valence-electron chi connectivity index (χ1n) is 10.7. The van der Waals surface area contributed by atoms with Gasteiger partial charge in [-0.25, -0.2) is 0 Å². The van der Waals surface area contributed by atoms with Gasteiger partial charge in [-0.15, -0.1) is 5.10 Å². The summed E-state index contributed by atoms with van der Waals surface area (Å²) in [5, 5.41) is 15.6. The monoisotopic (exact) mass is 453 g/mol. The highest BCUT2D eigenvalue weighted by Gasteiger charge is 2.22. The van der Waals surface area contributed by atoms with Crippen LogP contribution < -0.4 is 14.8 Å². The molecule has 2 heterocycles. The van der Waals surface area contributed by atoms with Gasteiger partial charge in [0.25, 0.3) is 0 Å². The molecule has 1 N–H and O–H groups in total. The minimum absolute atomic E-state index is 0.0837. The fourth-order valence-corrected chi connectivity index (χ4v) is 4.25. The van der Waals surface area contributed by atoms with E-state index in [1.54, 1.807) is 4.68 Å². The van der Waals surface area contributed by atoms with Gasteiger partial charge in [-0.2, -0.15) is 4.68 Å². The van der Waals surface area contributed by atoms with Gasteiger partial charge < -0.3 is 14.8 Å². The van der Waals surface area contributed by atoms with Crippen LogP contribution in [0.15, 0.2) is 47.6 Å². The summed E-state index contributed by atoms with van der Waals surface area (Å²) in [6.07, 6.45) is 0.855. The zero-order chi connectivity index (χ0) is 22.5. The molecule has 1 aliphatic heterocycles. The Kier molecular flexibility index (Phi) is 6.94. The summed E-state index contributed by atoms with van der Waals surface area (Å²) in [6.45, 7) is 7.45. The highest BCUT2D eigenvalue weighted by Crippen LogP contribution is 2.34. The molecule has 0 saturated heterocycles. The number of thioether (sulfide) groups is 1. The van der Waals surface area contributed by atoms with Crippen LogP contribution in [0.4, 0.5) is 0 Å². The standard InChI is InChI=1S/C23H27N5O3S/c1-15(2)22(17-8-9-19-20(13-17)31-11-5-10-30-19)24-21(29)14-32-23-25-26-27-28(23)18-7-4-6-16(3)12-18/h4,6-9,12-13,15,22H,5,10-11,14H2,1-3H3,(H,24,29). The van der Waals surface area contributed by atoms with Crippen LogP contribution in [0.1, 0.15) is 37.4 Å². The van der Waals surface area contributed by atoms with Crippen molar-refractivity contribution in [2.24, 2.45) is 5.92 Å². The fraction of sp³-hybridized carbons (Fsp3) is 0.391. The quantitative estimate of drug-likeness (QED) is 0.545. The molecule has 9 heteroatoms. The molecule has 0 saturated carbocycles. The summed E-state index contributed by atoms with van der Waals surface area (Å²) < 4.78 is 13.2. The van der Waals surface area contributed by atoms with Crippen LogP contribution in [0.3, 0.4) is 0 Å². The normalized spacial score (nSPS) is 14.1. The van der Waals surface area contributed by atoms with Crippen molar-refractivity contribution < 1.29 is 14.3 Å². The van der Waals surface area contributed by atoms with Gasteiger partial charge in [0.05, 0.1) is 30.7 Å². The Morgan fingerprint density at radius 2 is 1.97 bits per heavy atom. The number of nitrogens with zero attached hydrogens (tertiary/aromatic N) is 4. The van der Waals surface area contributed by atoms with E-state index in [2.05, 4.69) is 34.7 Å². The number of amides is 1. The number of benzene rings is 2. The van der Waals surface area contributed by atoms with Crippen LogP contribution >= 0.6 is 11.8 Å². The van der Waals surface area contributed by atoms with Gasteiger partial charge in [0.15, 0.2) is 11.5 Å². The Bertz CT molecular complexity index is 1080. The van der Waals surface area contributed by atoms with Crippen molar-refractivity contribution in [1.29, 1.82) is 0 Å². The van der Waals surface area contributed by atoms with Crippen LogP contribution in [0, 0.1) is 12.8 Å². The second kappa shape index (κ2) is 10.0. The van der Waals surface area contributed by atoms with E-state index in [-0.39, 0.29) is 23.6 Å². The van der Waals surface area contributed by atoms with Crippen LogP contribution in [-0.4, -0.2) is 45.1 Å². The van der Waals surface area contributed by atoms with Crippen molar-refractivity contribution in [3.8, 4) is 17.2 Å². The van der Waals surface area contributed by atoms with Crippen molar-refractivity contribution in [3.05, 3.63) is 53.6 Å². The number of fused-ring (bicyclic) bond motifs is 1. The molecule has 32 heavy (non-hydrogen) atoms. The average molecular weight is 454 g/mol. The van der Waals surface area contributed by atoms with E-state index >= 15 is 0 Å². The van der Waals surface area contributed by atoms with Crippen molar-refractivity contribution in [2.45, 2.75) is 38.4 Å². The summed E-state index contributed by atoms with van der Waals surface area (Å²) in [4.78, 5) is 12.8. The van der Waals surface area contributed by atoms with Gasteiger partial charge in [-0.3, -0.25) is 4.79 Å². The van der Waals surface area contributed by atoms with Crippen molar-refractivity contribution >= 4 is 17.7 Å². The lowest BCUT2D eigenvalue weighted by atomic mass is 9.95. The molecule has 0 bridgehead atoms. The zero-order valence-corrected chi connectivity index (χ0v) is 19.3. The topological polar surface area (TPSA) is 91.2 Å².